The zero-order valence-electron chi connectivity index (χ0n) is 10.4. The average Bonchev–Trinajstić information content (AvgIpc) is 2.47. The summed E-state index contributed by atoms with van der Waals surface area (Å²) in [6.07, 6.45) is 0. The monoisotopic (exact) mass is 250 g/mol. The van der Waals surface area contributed by atoms with Gasteiger partial charge in [0.2, 0.25) is 0 Å². The van der Waals surface area contributed by atoms with Crippen molar-refractivity contribution in [2.45, 2.75) is 6.61 Å². The van der Waals surface area contributed by atoms with Crippen molar-refractivity contribution in [3.8, 4) is 11.5 Å². The third-order valence-corrected chi connectivity index (χ3v) is 3.11. The molecule has 0 atom stereocenters. The number of phenolic OH excluding ortho intramolecular Hbond substituents is 1. The van der Waals surface area contributed by atoms with E-state index in [4.69, 9.17) is 4.74 Å². The molecule has 0 amide bonds. The van der Waals surface area contributed by atoms with Crippen LogP contribution >= 0.6 is 0 Å². The topological polar surface area (TPSA) is 29.5 Å². The number of rotatable bonds is 3. The summed E-state index contributed by atoms with van der Waals surface area (Å²) in [5.41, 5.74) is 1.16. The highest BCUT2D eigenvalue weighted by Crippen LogP contribution is 2.21. The van der Waals surface area contributed by atoms with E-state index in [0.29, 0.717) is 6.61 Å². The lowest BCUT2D eigenvalue weighted by Crippen LogP contribution is -1.96. The van der Waals surface area contributed by atoms with Gasteiger partial charge in [0.15, 0.2) is 0 Å². The zero-order valence-corrected chi connectivity index (χ0v) is 10.4. The van der Waals surface area contributed by atoms with E-state index in [9.17, 15) is 5.11 Å². The summed E-state index contributed by atoms with van der Waals surface area (Å²) in [5, 5.41) is 11.7. The van der Waals surface area contributed by atoms with Crippen molar-refractivity contribution in [3.63, 3.8) is 0 Å². The largest absolute Gasteiger partial charge is 0.508 e. The molecule has 1 N–H and O–H groups in total. The van der Waals surface area contributed by atoms with Crippen LogP contribution in [0.3, 0.4) is 0 Å². The van der Waals surface area contributed by atoms with Gasteiger partial charge in [-0.25, -0.2) is 0 Å². The van der Waals surface area contributed by atoms with E-state index in [0.717, 1.165) is 11.3 Å². The predicted octanol–water partition coefficient (Wildman–Crippen LogP) is 4.12. The number of fused-ring (bicyclic) bond motifs is 1. The van der Waals surface area contributed by atoms with Gasteiger partial charge in [0.1, 0.15) is 18.1 Å². The van der Waals surface area contributed by atoms with E-state index in [1.54, 1.807) is 24.3 Å². The Morgan fingerprint density at radius 3 is 2.37 bits per heavy atom. The Morgan fingerprint density at radius 2 is 1.53 bits per heavy atom. The third-order valence-electron chi connectivity index (χ3n) is 3.11. The SMILES string of the molecule is Oc1ccc(OCc2cccc3ccccc23)cc1. The Morgan fingerprint density at radius 1 is 0.789 bits per heavy atom. The van der Waals surface area contributed by atoms with Gasteiger partial charge >= 0.3 is 0 Å². The van der Waals surface area contributed by atoms with Crippen molar-refractivity contribution >= 4 is 10.8 Å². The smallest absolute Gasteiger partial charge is 0.120 e. The standard InChI is InChI=1S/C17H14O2/c18-15-8-10-16(11-9-15)19-12-14-6-3-5-13-4-1-2-7-17(13)14/h1-11,18H,12H2. The van der Waals surface area contributed by atoms with E-state index >= 15 is 0 Å². The minimum absolute atomic E-state index is 0.248. The number of ether oxygens (including phenoxy) is 1. The Hall–Kier alpha value is -2.48. The molecule has 0 aliphatic carbocycles. The molecule has 19 heavy (non-hydrogen) atoms. The Labute approximate surface area is 111 Å². The first-order valence-electron chi connectivity index (χ1n) is 6.21. The Bertz CT molecular complexity index is 682. The molecule has 0 aliphatic heterocycles. The van der Waals surface area contributed by atoms with Crippen LogP contribution in [0.2, 0.25) is 0 Å². The Balaban J connectivity index is 1.84. The lowest BCUT2D eigenvalue weighted by molar-refractivity contribution is 0.307. The molecular formula is C17H14O2. The quantitative estimate of drug-likeness (QED) is 0.757. The normalized spacial score (nSPS) is 10.5. The minimum atomic E-state index is 0.248. The molecule has 0 aromatic heterocycles. The van der Waals surface area contributed by atoms with Gasteiger partial charge < -0.3 is 9.84 Å². The number of aromatic hydroxyl groups is 1. The van der Waals surface area contributed by atoms with E-state index in [1.165, 1.54) is 10.8 Å². The van der Waals surface area contributed by atoms with Crippen molar-refractivity contribution < 1.29 is 9.84 Å². The first-order chi connectivity index (χ1) is 9.33. The number of hydrogen-bond donors (Lipinski definition) is 1. The molecule has 0 radical (unpaired) electrons. The molecule has 94 valence electrons. The molecule has 0 unspecified atom stereocenters. The van der Waals surface area contributed by atoms with E-state index in [1.807, 2.05) is 18.2 Å². The van der Waals surface area contributed by atoms with Gasteiger partial charge in [0.05, 0.1) is 0 Å². The first kappa shape index (κ1) is 11.6. The Kier molecular flexibility index (Phi) is 3.07. The fraction of sp³-hybridized carbons (Fsp3) is 0.0588. The fourth-order valence-corrected chi connectivity index (χ4v) is 2.12. The lowest BCUT2D eigenvalue weighted by atomic mass is 10.1. The van der Waals surface area contributed by atoms with Crippen molar-refractivity contribution in [1.82, 2.24) is 0 Å². The number of hydrogen-bond acceptors (Lipinski definition) is 2. The molecule has 0 saturated carbocycles. The van der Waals surface area contributed by atoms with Gasteiger partial charge in [0, 0.05) is 0 Å². The number of phenols is 1. The predicted molar refractivity (Wildman–Crippen MR) is 76.4 cm³/mol. The summed E-state index contributed by atoms with van der Waals surface area (Å²) in [6, 6.07) is 21.3. The average molecular weight is 250 g/mol. The van der Waals surface area contributed by atoms with Crippen LogP contribution in [0.4, 0.5) is 0 Å². The van der Waals surface area contributed by atoms with Crippen molar-refractivity contribution in [2.24, 2.45) is 0 Å². The van der Waals surface area contributed by atoms with Gasteiger partial charge in [-0.2, -0.15) is 0 Å². The van der Waals surface area contributed by atoms with Crippen molar-refractivity contribution in [1.29, 1.82) is 0 Å². The molecule has 3 aromatic carbocycles. The summed E-state index contributed by atoms with van der Waals surface area (Å²) in [4.78, 5) is 0. The maximum absolute atomic E-state index is 9.23. The molecule has 0 aliphatic rings. The number of benzene rings is 3. The van der Waals surface area contributed by atoms with E-state index < -0.39 is 0 Å². The summed E-state index contributed by atoms with van der Waals surface area (Å²) in [6.45, 7) is 0.520. The van der Waals surface area contributed by atoms with Crippen LogP contribution < -0.4 is 4.74 Å². The highest BCUT2D eigenvalue weighted by Gasteiger charge is 2.01. The molecule has 0 saturated heterocycles. The molecule has 2 nitrogen and oxygen atoms in total. The molecule has 0 bridgehead atoms. The van der Waals surface area contributed by atoms with Crippen molar-refractivity contribution in [3.05, 3.63) is 72.3 Å². The van der Waals surface area contributed by atoms with Gasteiger partial charge in [-0.05, 0) is 40.6 Å². The summed E-state index contributed by atoms with van der Waals surface area (Å²) < 4.78 is 5.74. The van der Waals surface area contributed by atoms with Gasteiger partial charge in [-0.3, -0.25) is 0 Å². The first-order valence-corrected chi connectivity index (χ1v) is 6.21. The van der Waals surface area contributed by atoms with Gasteiger partial charge in [-0.15, -0.1) is 0 Å². The van der Waals surface area contributed by atoms with Crippen LogP contribution in [0, 0.1) is 0 Å². The van der Waals surface area contributed by atoms with Crippen LogP contribution in [0.15, 0.2) is 66.7 Å². The van der Waals surface area contributed by atoms with Crippen LogP contribution in [-0.4, -0.2) is 5.11 Å². The van der Waals surface area contributed by atoms with Crippen LogP contribution in [-0.2, 0) is 6.61 Å². The van der Waals surface area contributed by atoms with E-state index in [-0.39, 0.29) is 5.75 Å². The maximum Gasteiger partial charge on any atom is 0.120 e. The fourth-order valence-electron chi connectivity index (χ4n) is 2.12. The van der Waals surface area contributed by atoms with Gasteiger partial charge in [0.25, 0.3) is 0 Å². The van der Waals surface area contributed by atoms with Crippen LogP contribution in [0.25, 0.3) is 10.8 Å². The van der Waals surface area contributed by atoms with Crippen LogP contribution in [0.5, 0.6) is 11.5 Å². The molecule has 0 heterocycles. The van der Waals surface area contributed by atoms with Crippen molar-refractivity contribution in [2.75, 3.05) is 0 Å². The van der Waals surface area contributed by atoms with Gasteiger partial charge in [-0.1, -0.05) is 42.5 Å². The zero-order chi connectivity index (χ0) is 13.1. The highest BCUT2D eigenvalue weighted by molar-refractivity contribution is 5.85. The second-order valence-corrected chi connectivity index (χ2v) is 4.42. The molecule has 0 fully saturated rings. The molecule has 3 rings (SSSR count). The highest BCUT2D eigenvalue weighted by atomic mass is 16.5. The maximum atomic E-state index is 9.23. The summed E-state index contributed by atoms with van der Waals surface area (Å²) in [5.74, 6) is 1.00. The summed E-state index contributed by atoms with van der Waals surface area (Å²) in [7, 11) is 0. The third kappa shape index (κ3) is 2.52. The minimum Gasteiger partial charge on any atom is -0.508 e. The second-order valence-electron chi connectivity index (χ2n) is 4.42. The molecule has 2 heteroatoms. The molecule has 0 spiro atoms. The van der Waals surface area contributed by atoms with E-state index in [2.05, 4.69) is 24.3 Å². The van der Waals surface area contributed by atoms with Crippen LogP contribution in [0.1, 0.15) is 5.56 Å². The molecule has 3 aromatic rings. The second kappa shape index (κ2) is 5.02. The summed E-state index contributed by atoms with van der Waals surface area (Å²) >= 11 is 0. The molecular weight excluding hydrogens is 236 g/mol. The lowest BCUT2D eigenvalue weighted by Gasteiger charge is -2.09.